The molecule has 0 aromatic carbocycles. The van der Waals surface area contributed by atoms with E-state index >= 15 is 0 Å². The van der Waals surface area contributed by atoms with Gasteiger partial charge in [-0.15, -0.1) is 0 Å². The summed E-state index contributed by atoms with van der Waals surface area (Å²) in [5.74, 6) is 0.889. The fraction of sp³-hybridized carbons (Fsp3) is 0.917. The SMILES string of the molecule is COCCNC(=S)N(C)C1CCC(C)CC1. The number of thiocarbonyl (C=S) groups is 1. The molecular formula is C12H24N2OS. The van der Waals surface area contributed by atoms with Gasteiger partial charge in [-0.1, -0.05) is 6.92 Å². The molecule has 1 N–H and O–H groups in total. The van der Waals surface area contributed by atoms with E-state index in [1.807, 2.05) is 0 Å². The van der Waals surface area contributed by atoms with Crippen LogP contribution in [0.25, 0.3) is 0 Å². The molecule has 3 nitrogen and oxygen atoms in total. The number of hydrogen-bond donors (Lipinski definition) is 1. The van der Waals surface area contributed by atoms with Crippen LogP contribution >= 0.6 is 12.2 Å². The van der Waals surface area contributed by atoms with Crippen molar-refractivity contribution in [3.05, 3.63) is 0 Å². The van der Waals surface area contributed by atoms with E-state index in [4.69, 9.17) is 17.0 Å². The van der Waals surface area contributed by atoms with Crippen molar-refractivity contribution in [1.82, 2.24) is 10.2 Å². The van der Waals surface area contributed by atoms with Crippen LogP contribution in [0.3, 0.4) is 0 Å². The third-order valence-electron chi connectivity index (χ3n) is 3.44. The number of ether oxygens (including phenoxy) is 1. The number of methoxy groups -OCH3 is 1. The second-order valence-corrected chi connectivity index (χ2v) is 5.14. The van der Waals surface area contributed by atoms with Gasteiger partial charge >= 0.3 is 0 Å². The van der Waals surface area contributed by atoms with Gasteiger partial charge in [0.2, 0.25) is 0 Å². The van der Waals surface area contributed by atoms with Gasteiger partial charge in [-0.3, -0.25) is 0 Å². The molecule has 16 heavy (non-hydrogen) atoms. The van der Waals surface area contributed by atoms with Crippen molar-refractivity contribution < 1.29 is 4.74 Å². The molecule has 0 unspecified atom stereocenters. The summed E-state index contributed by atoms with van der Waals surface area (Å²) in [6, 6.07) is 0.624. The molecule has 0 saturated heterocycles. The molecule has 0 heterocycles. The maximum Gasteiger partial charge on any atom is 0.169 e. The standard InChI is InChI=1S/C12H24N2OS/c1-10-4-6-11(7-5-10)14(2)12(16)13-8-9-15-3/h10-11H,4-9H2,1-3H3,(H,13,16). The maximum atomic E-state index is 5.36. The van der Waals surface area contributed by atoms with E-state index in [-0.39, 0.29) is 0 Å². The first-order valence-electron chi connectivity index (χ1n) is 6.14. The predicted molar refractivity (Wildman–Crippen MR) is 71.7 cm³/mol. The van der Waals surface area contributed by atoms with Crippen molar-refractivity contribution in [1.29, 1.82) is 0 Å². The Balaban J connectivity index is 2.27. The van der Waals surface area contributed by atoms with Crippen LogP contribution in [0.5, 0.6) is 0 Å². The molecule has 1 aliphatic rings. The highest BCUT2D eigenvalue weighted by Crippen LogP contribution is 2.26. The third kappa shape index (κ3) is 4.26. The smallest absolute Gasteiger partial charge is 0.169 e. The Labute approximate surface area is 105 Å². The minimum absolute atomic E-state index is 0.624. The van der Waals surface area contributed by atoms with Gasteiger partial charge < -0.3 is 15.0 Å². The van der Waals surface area contributed by atoms with Crippen LogP contribution in [0.4, 0.5) is 0 Å². The Morgan fingerprint density at radius 1 is 1.38 bits per heavy atom. The van der Waals surface area contributed by atoms with Crippen molar-refractivity contribution in [2.45, 2.75) is 38.6 Å². The van der Waals surface area contributed by atoms with E-state index in [2.05, 4.69) is 24.2 Å². The quantitative estimate of drug-likeness (QED) is 0.604. The van der Waals surface area contributed by atoms with Crippen molar-refractivity contribution in [2.75, 3.05) is 27.3 Å². The lowest BCUT2D eigenvalue weighted by Gasteiger charge is -2.35. The number of rotatable bonds is 4. The molecule has 1 rings (SSSR count). The van der Waals surface area contributed by atoms with Crippen LogP contribution in [0, 0.1) is 5.92 Å². The van der Waals surface area contributed by atoms with Crippen molar-refractivity contribution in [3.63, 3.8) is 0 Å². The fourth-order valence-electron chi connectivity index (χ4n) is 2.18. The van der Waals surface area contributed by atoms with Gasteiger partial charge in [0.1, 0.15) is 0 Å². The largest absolute Gasteiger partial charge is 0.383 e. The van der Waals surface area contributed by atoms with Crippen LogP contribution in [0.2, 0.25) is 0 Å². The first-order valence-corrected chi connectivity index (χ1v) is 6.55. The number of nitrogens with zero attached hydrogens (tertiary/aromatic N) is 1. The second-order valence-electron chi connectivity index (χ2n) is 4.75. The molecule has 4 heteroatoms. The second kappa shape index (κ2) is 7.07. The summed E-state index contributed by atoms with van der Waals surface area (Å²) >= 11 is 5.36. The van der Waals surface area contributed by atoms with Crippen molar-refractivity contribution in [3.8, 4) is 0 Å². The van der Waals surface area contributed by atoms with E-state index in [1.54, 1.807) is 7.11 Å². The Kier molecular flexibility index (Phi) is 6.06. The molecule has 94 valence electrons. The normalized spacial score (nSPS) is 25.2. The average Bonchev–Trinajstić information content (AvgIpc) is 2.29. The van der Waals surface area contributed by atoms with Crippen LogP contribution in [0.1, 0.15) is 32.6 Å². The highest BCUT2D eigenvalue weighted by atomic mass is 32.1. The summed E-state index contributed by atoms with van der Waals surface area (Å²) in [6.07, 6.45) is 5.19. The molecule has 0 spiro atoms. The zero-order chi connectivity index (χ0) is 12.0. The van der Waals surface area contributed by atoms with Gasteiger partial charge in [0.15, 0.2) is 5.11 Å². The first kappa shape index (κ1) is 13.7. The van der Waals surface area contributed by atoms with Gasteiger partial charge in [0.25, 0.3) is 0 Å². The average molecular weight is 244 g/mol. The van der Waals surface area contributed by atoms with E-state index < -0.39 is 0 Å². The Bertz CT molecular complexity index is 215. The molecule has 0 bridgehead atoms. The molecular weight excluding hydrogens is 220 g/mol. The van der Waals surface area contributed by atoms with Crippen molar-refractivity contribution in [2.24, 2.45) is 5.92 Å². The van der Waals surface area contributed by atoms with E-state index in [0.717, 1.165) is 17.6 Å². The van der Waals surface area contributed by atoms with Gasteiger partial charge in [-0.25, -0.2) is 0 Å². The van der Waals surface area contributed by atoms with Gasteiger partial charge in [0.05, 0.1) is 6.61 Å². The van der Waals surface area contributed by atoms with Crippen molar-refractivity contribution >= 4 is 17.3 Å². The molecule has 1 saturated carbocycles. The monoisotopic (exact) mass is 244 g/mol. The molecule has 1 aliphatic carbocycles. The summed E-state index contributed by atoms with van der Waals surface area (Å²) in [5.41, 5.74) is 0. The van der Waals surface area contributed by atoms with Crippen LogP contribution in [-0.4, -0.2) is 43.4 Å². The summed E-state index contributed by atoms with van der Waals surface area (Å²) in [7, 11) is 3.81. The molecule has 0 radical (unpaired) electrons. The van der Waals surface area contributed by atoms with Crippen LogP contribution in [-0.2, 0) is 4.74 Å². The van der Waals surface area contributed by atoms with Gasteiger partial charge in [-0.05, 0) is 43.8 Å². The fourth-order valence-corrected chi connectivity index (χ4v) is 2.43. The lowest BCUT2D eigenvalue weighted by Crippen LogP contribution is -2.45. The summed E-state index contributed by atoms with van der Waals surface area (Å²) in [4.78, 5) is 2.22. The van der Waals surface area contributed by atoms with Crippen LogP contribution < -0.4 is 5.32 Å². The molecule has 0 aromatic rings. The molecule has 0 atom stereocenters. The van der Waals surface area contributed by atoms with Gasteiger partial charge in [0, 0.05) is 26.7 Å². The third-order valence-corrected chi connectivity index (χ3v) is 3.87. The Hall–Kier alpha value is -0.350. The lowest BCUT2D eigenvalue weighted by atomic mass is 9.87. The minimum atomic E-state index is 0.624. The molecule has 1 fully saturated rings. The zero-order valence-corrected chi connectivity index (χ0v) is 11.5. The zero-order valence-electron chi connectivity index (χ0n) is 10.7. The number of nitrogens with one attached hydrogen (secondary N) is 1. The van der Waals surface area contributed by atoms with Gasteiger partial charge in [-0.2, -0.15) is 0 Å². The topological polar surface area (TPSA) is 24.5 Å². The van der Waals surface area contributed by atoms with E-state index in [0.29, 0.717) is 12.6 Å². The van der Waals surface area contributed by atoms with E-state index in [1.165, 1.54) is 25.7 Å². The summed E-state index contributed by atoms with van der Waals surface area (Å²) < 4.78 is 4.99. The molecule has 0 aliphatic heterocycles. The highest BCUT2D eigenvalue weighted by molar-refractivity contribution is 7.80. The highest BCUT2D eigenvalue weighted by Gasteiger charge is 2.22. The minimum Gasteiger partial charge on any atom is -0.383 e. The molecule has 0 amide bonds. The Morgan fingerprint density at radius 2 is 2.00 bits per heavy atom. The predicted octanol–water partition coefficient (Wildman–Crippen LogP) is 2.02. The Morgan fingerprint density at radius 3 is 2.56 bits per heavy atom. The van der Waals surface area contributed by atoms with Crippen LogP contribution in [0.15, 0.2) is 0 Å². The first-order chi connectivity index (χ1) is 7.65. The molecule has 0 aromatic heterocycles. The number of hydrogen-bond acceptors (Lipinski definition) is 2. The summed E-state index contributed by atoms with van der Waals surface area (Å²) in [6.45, 7) is 3.84. The lowest BCUT2D eigenvalue weighted by molar-refractivity contribution is 0.200. The summed E-state index contributed by atoms with van der Waals surface area (Å²) in [5, 5.41) is 4.08. The van der Waals surface area contributed by atoms with E-state index in [9.17, 15) is 0 Å². The maximum absolute atomic E-state index is 5.36.